The van der Waals surface area contributed by atoms with Crippen LogP contribution in [-0.4, -0.2) is 46.0 Å². The number of ether oxygens (including phenoxy) is 1. The Labute approximate surface area is 237 Å². The van der Waals surface area contributed by atoms with Gasteiger partial charge in [-0.3, -0.25) is 29.4 Å². The average molecular weight is 579 g/mol. The predicted molar refractivity (Wildman–Crippen MR) is 143 cm³/mol. The van der Waals surface area contributed by atoms with Crippen LogP contribution >= 0.6 is 23.2 Å². The van der Waals surface area contributed by atoms with E-state index < -0.39 is 62.7 Å². The van der Waals surface area contributed by atoms with E-state index in [1.807, 2.05) is 0 Å². The molecular weight excluding hydrogens is 559 g/mol. The first-order valence-electron chi connectivity index (χ1n) is 12.4. The lowest BCUT2D eigenvalue weighted by atomic mass is 9.54. The van der Waals surface area contributed by atoms with E-state index in [1.165, 1.54) is 19.1 Å². The van der Waals surface area contributed by atoms with Gasteiger partial charge in [0, 0.05) is 17.7 Å². The number of non-ortho nitro benzene ring substituents is 1. The van der Waals surface area contributed by atoms with Crippen LogP contribution in [-0.2, 0) is 28.9 Å². The molecule has 0 unspecified atom stereocenters. The number of nitrogens with zero attached hydrogens (tertiary/aromatic N) is 2. The van der Waals surface area contributed by atoms with Gasteiger partial charge in [-0.15, -0.1) is 23.2 Å². The summed E-state index contributed by atoms with van der Waals surface area (Å²) in [5.41, 5.74) is 2.46. The molecule has 9 nitrogen and oxygen atoms in total. The van der Waals surface area contributed by atoms with E-state index in [9.17, 15) is 29.3 Å². The number of rotatable bonds is 6. The van der Waals surface area contributed by atoms with Crippen LogP contribution in [0.5, 0.6) is 0 Å². The lowest BCUT2D eigenvalue weighted by Gasteiger charge is -2.54. The van der Waals surface area contributed by atoms with Crippen LogP contribution in [0.4, 0.5) is 5.69 Å². The maximum absolute atomic E-state index is 13.9. The average Bonchev–Trinajstić information content (AvgIpc) is 3.24. The van der Waals surface area contributed by atoms with Crippen molar-refractivity contribution < 1.29 is 28.8 Å². The smallest absolute Gasteiger partial charge is 0.329 e. The summed E-state index contributed by atoms with van der Waals surface area (Å²) in [7, 11) is 0. The Balaban J connectivity index is 1.29. The van der Waals surface area contributed by atoms with Crippen molar-refractivity contribution in [2.24, 2.45) is 11.8 Å². The number of carbonyl (C=O) groups excluding carboxylic acids is 4. The zero-order valence-electron chi connectivity index (χ0n) is 20.9. The topological polar surface area (TPSA) is 124 Å². The second-order valence-electron chi connectivity index (χ2n) is 10.0. The van der Waals surface area contributed by atoms with Gasteiger partial charge in [0.1, 0.15) is 15.8 Å². The Hall–Kier alpha value is -4.08. The molecule has 3 aliphatic carbocycles. The van der Waals surface area contributed by atoms with Gasteiger partial charge in [0.2, 0.25) is 11.8 Å². The van der Waals surface area contributed by atoms with Gasteiger partial charge >= 0.3 is 5.97 Å². The number of Topliss-reactive ketones (excluding diaryl/α,β-unsaturated/α-hetero) is 1. The SMILES string of the molecule is C[C@H](C(=O)OCC(=O)c1ccc([N+](=O)[O-])cc1)N1C(=O)[C@@H]2[C@@H](C1=O)C1(Cl)c3ccccc3C2(Cl)c2ccccc21. The van der Waals surface area contributed by atoms with E-state index in [4.69, 9.17) is 27.9 Å². The molecule has 0 radical (unpaired) electrons. The fourth-order valence-electron chi connectivity index (χ4n) is 6.29. The van der Waals surface area contributed by atoms with Crippen LogP contribution < -0.4 is 0 Å². The minimum absolute atomic E-state index is 0.102. The molecule has 11 heteroatoms. The normalized spacial score (nSPS) is 26.5. The van der Waals surface area contributed by atoms with Crippen LogP contribution in [0.25, 0.3) is 0 Å². The zero-order chi connectivity index (χ0) is 28.6. The molecule has 4 aliphatic rings. The standard InChI is InChI=1S/C29H20Cl2N2O7/c1-15(27(37)40-14-22(34)16-10-12-17(13-11-16)33(38)39)32-25(35)23-24(26(32)36)29(31)19-7-3-2-6-18(19)28(23,30)20-8-4-5-9-21(20)29/h2-13,15,23-24H,14H2,1H3/t15-,23+,24+,28?,29?/m1/s1. The highest BCUT2D eigenvalue weighted by Crippen LogP contribution is 2.69. The number of nitro groups is 1. The Morgan fingerprint density at radius 1 is 0.875 bits per heavy atom. The molecule has 1 aliphatic heterocycles. The third-order valence-electron chi connectivity index (χ3n) is 8.09. The van der Waals surface area contributed by atoms with Crippen molar-refractivity contribution in [2.75, 3.05) is 6.61 Å². The number of hydrogen-bond acceptors (Lipinski definition) is 7. The zero-order valence-corrected chi connectivity index (χ0v) is 22.4. The van der Waals surface area contributed by atoms with E-state index in [-0.39, 0.29) is 11.3 Å². The number of carbonyl (C=O) groups is 4. The number of hydrogen-bond donors (Lipinski definition) is 0. The van der Waals surface area contributed by atoms with Crippen molar-refractivity contribution in [1.29, 1.82) is 0 Å². The predicted octanol–water partition coefficient (Wildman–Crippen LogP) is 4.30. The van der Waals surface area contributed by atoms with Gasteiger partial charge in [0.25, 0.3) is 5.69 Å². The van der Waals surface area contributed by atoms with Crippen molar-refractivity contribution in [3.05, 3.63) is 111 Å². The summed E-state index contributed by atoms with van der Waals surface area (Å²) in [6, 6.07) is 17.8. The lowest BCUT2D eigenvalue weighted by molar-refractivity contribution is -0.384. The summed E-state index contributed by atoms with van der Waals surface area (Å²) in [6.45, 7) is 0.662. The van der Waals surface area contributed by atoms with Gasteiger partial charge < -0.3 is 4.74 Å². The summed E-state index contributed by atoms with van der Waals surface area (Å²) >= 11 is 14.7. The lowest BCUT2D eigenvalue weighted by Crippen LogP contribution is -2.57. The van der Waals surface area contributed by atoms with Crippen LogP contribution in [0, 0.1) is 22.0 Å². The molecule has 3 aromatic carbocycles. The second-order valence-corrected chi connectivity index (χ2v) is 11.2. The fraction of sp³-hybridized carbons (Fsp3) is 0.241. The Kier molecular flexibility index (Phi) is 5.87. The van der Waals surface area contributed by atoms with E-state index in [2.05, 4.69) is 0 Å². The van der Waals surface area contributed by atoms with Gasteiger partial charge in [-0.25, -0.2) is 4.79 Å². The van der Waals surface area contributed by atoms with Crippen LogP contribution in [0.2, 0.25) is 0 Å². The van der Waals surface area contributed by atoms with E-state index in [0.717, 1.165) is 17.0 Å². The highest BCUT2D eigenvalue weighted by molar-refractivity contribution is 6.36. The molecular formula is C29H20Cl2N2O7. The number of alkyl halides is 2. The molecule has 0 spiro atoms. The maximum Gasteiger partial charge on any atom is 0.329 e. The number of likely N-dealkylation sites (tertiary alicyclic amines) is 1. The van der Waals surface area contributed by atoms with Crippen LogP contribution in [0.15, 0.2) is 72.8 Å². The Morgan fingerprint density at radius 2 is 1.30 bits per heavy atom. The van der Waals surface area contributed by atoms with Gasteiger partial charge in [0.05, 0.1) is 16.8 Å². The molecule has 1 heterocycles. The molecule has 0 saturated carbocycles. The molecule has 2 bridgehead atoms. The Bertz CT molecular complexity index is 1520. The van der Waals surface area contributed by atoms with Gasteiger partial charge in [-0.2, -0.15) is 0 Å². The summed E-state index contributed by atoms with van der Waals surface area (Å²) in [6.07, 6.45) is 0. The molecule has 1 fully saturated rings. The summed E-state index contributed by atoms with van der Waals surface area (Å²) in [5.74, 6) is -5.01. The number of ketones is 1. The van der Waals surface area contributed by atoms with Crippen molar-refractivity contribution in [2.45, 2.75) is 22.7 Å². The fourth-order valence-corrected chi connectivity index (χ4v) is 7.38. The van der Waals surface area contributed by atoms with E-state index in [0.29, 0.717) is 22.3 Å². The molecule has 3 atom stereocenters. The maximum atomic E-state index is 13.9. The number of esters is 1. The van der Waals surface area contributed by atoms with Crippen molar-refractivity contribution in [3.8, 4) is 0 Å². The molecule has 3 aromatic rings. The quantitative estimate of drug-likeness (QED) is 0.107. The first-order valence-corrected chi connectivity index (χ1v) is 13.2. The summed E-state index contributed by atoms with van der Waals surface area (Å²) in [4.78, 5) is 61.7. The monoisotopic (exact) mass is 578 g/mol. The minimum Gasteiger partial charge on any atom is -0.456 e. The number of halogens is 2. The molecule has 202 valence electrons. The number of imide groups is 1. The molecule has 7 rings (SSSR count). The number of benzene rings is 3. The highest BCUT2D eigenvalue weighted by atomic mass is 35.5. The van der Waals surface area contributed by atoms with Crippen molar-refractivity contribution in [1.82, 2.24) is 4.90 Å². The van der Waals surface area contributed by atoms with Gasteiger partial charge in [-0.1, -0.05) is 48.5 Å². The molecule has 0 N–H and O–H groups in total. The third kappa shape index (κ3) is 3.34. The van der Waals surface area contributed by atoms with Crippen molar-refractivity contribution >= 4 is 52.5 Å². The van der Waals surface area contributed by atoms with Gasteiger partial charge in [-0.05, 0) is 41.3 Å². The third-order valence-corrected chi connectivity index (χ3v) is 9.38. The second kappa shape index (κ2) is 8.97. The molecule has 2 amide bonds. The van der Waals surface area contributed by atoms with Crippen LogP contribution in [0.3, 0.4) is 0 Å². The largest absolute Gasteiger partial charge is 0.456 e. The number of nitro benzene ring substituents is 1. The minimum atomic E-state index is -1.38. The van der Waals surface area contributed by atoms with E-state index in [1.54, 1.807) is 48.5 Å². The van der Waals surface area contributed by atoms with Crippen LogP contribution in [0.1, 0.15) is 39.5 Å². The van der Waals surface area contributed by atoms with Crippen molar-refractivity contribution in [3.63, 3.8) is 0 Å². The number of amides is 2. The Morgan fingerprint density at radius 3 is 1.70 bits per heavy atom. The first-order chi connectivity index (χ1) is 19.0. The highest BCUT2D eigenvalue weighted by Gasteiger charge is 2.73. The van der Waals surface area contributed by atoms with E-state index >= 15 is 0 Å². The molecule has 0 aromatic heterocycles. The summed E-state index contributed by atoms with van der Waals surface area (Å²) < 4.78 is 5.17. The first kappa shape index (κ1) is 26.2. The van der Waals surface area contributed by atoms with Gasteiger partial charge in [0.15, 0.2) is 12.4 Å². The molecule has 1 saturated heterocycles. The summed E-state index contributed by atoms with van der Waals surface area (Å²) in [5, 5.41) is 10.8. The molecule has 40 heavy (non-hydrogen) atoms.